The SMILES string of the molecule is NC(=O)c1nn(-c2ccc(C(=O)CCCOCCCCCOCCCC(=O)COc3cccc4c3C(=O)N(C3CCC(=O)NC3=O)C4=O)cc2)cc1NC(=O)c1coc(-c2ccnc(NCC(F)(F)F)c2)n1. The smallest absolute Gasteiger partial charge is 0.405 e. The van der Waals surface area contributed by atoms with E-state index in [1.165, 1.54) is 47.4 Å². The fraction of sp³-hybridized carbons (Fsp3) is 0.354. The highest BCUT2D eigenvalue weighted by Crippen LogP contribution is 2.34. The number of ketones is 2. The number of imide groups is 2. The number of pyridine rings is 1. The molecule has 21 nitrogen and oxygen atoms in total. The van der Waals surface area contributed by atoms with Gasteiger partial charge in [0.2, 0.25) is 17.7 Å². The van der Waals surface area contributed by atoms with Gasteiger partial charge in [0.25, 0.3) is 23.6 Å². The molecule has 0 aliphatic carbocycles. The number of primary amides is 1. The Bertz CT molecular complexity index is 2850. The number of nitrogens with zero attached hydrogens (tertiary/aromatic N) is 5. The quantitative estimate of drug-likeness (QED) is 0.0313. The predicted octanol–water partition coefficient (Wildman–Crippen LogP) is 5.24. The van der Waals surface area contributed by atoms with Crippen molar-refractivity contribution >= 4 is 58.5 Å². The van der Waals surface area contributed by atoms with E-state index >= 15 is 0 Å². The normalized spacial score (nSPS) is 14.5. The average Bonchev–Trinajstić information content (AvgIpc) is 4.09. The number of aromatic nitrogens is 4. The summed E-state index contributed by atoms with van der Waals surface area (Å²) in [5.74, 6) is -4.74. The number of amides is 6. The second kappa shape index (κ2) is 23.7. The highest BCUT2D eigenvalue weighted by Gasteiger charge is 2.46. The molecule has 0 spiro atoms. The summed E-state index contributed by atoms with van der Waals surface area (Å²) in [6.45, 7) is 0.136. The van der Waals surface area contributed by atoms with Crippen LogP contribution in [0.1, 0.15) is 110 Å². The minimum absolute atomic E-state index is 0.00364. The Kier molecular flexibility index (Phi) is 17.0. The van der Waals surface area contributed by atoms with E-state index in [9.17, 15) is 51.5 Å². The number of oxazole rings is 1. The lowest BCUT2D eigenvalue weighted by Crippen LogP contribution is -2.54. The lowest BCUT2D eigenvalue weighted by Gasteiger charge is -2.27. The number of ether oxygens (including phenoxy) is 3. The van der Waals surface area contributed by atoms with Gasteiger partial charge >= 0.3 is 6.18 Å². The lowest BCUT2D eigenvalue weighted by molar-refractivity contribution is -0.136. The summed E-state index contributed by atoms with van der Waals surface area (Å²) < 4.78 is 61.5. The Morgan fingerprint density at radius 3 is 2.32 bits per heavy atom. The molecule has 5 N–H and O–H groups in total. The van der Waals surface area contributed by atoms with Gasteiger partial charge in [-0.2, -0.15) is 18.3 Å². The number of nitrogens with two attached hydrogens (primary N) is 1. The van der Waals surface area contributed by atoms with Crippen molar-refractivity contribution in [2.45, 2.75) is 70.0 Å². The molecule has 0 bridgehead atoms. The van der Waals surface area contributed by atoms with Crippen LogP contribution in [0.2, 0.25) is 0 Å². The van der Waals surface area contributed by atoms with Gasteiger partial charge in [0.15, 0.2) is 23.0 Å². The van der Waals surface area contributed by atoms with Crippen molar-refractivity contribution < 1.29 is 70.2 Å². The standard InChI is InChI=1S/C48H48F3N9O12/c49-48(50,51)27-54-38-23-29(17-18-53-38)45-56-34(26-72-45)43(65)55-33-24-59(58-41(33)42(52)64)30-13-11-28(12-14-30)36(62)9-6-22-70-20-3-1-2-19-69-21-5-7-31(61)25-71-37-10-4-8-32-40(37)47(68)60(46(32)67)35-15-16-39(63)57-44(35)66/h4,8,10-14,17-18,23-24,26,35H,1-3,5-7,9,15-16,19-22,25,27H2,(H2,52,64)(H,53,54)(H,55,65)(H,57,63,66). The molecule has 1 fully saturated rings. The number of piperidine rings is 1. The third-order valence-corrected chi connectivity index (χ3v) is 11.2. The van der Waals surface area contributed by atoms with Crippen LogP contribution in [0.25, 0.3) is 17.1 Å². The van der Waals surface area contributed by atoms with Crippen LogP contribution in [0.5, 0.6) is 5.75 Å². The Balaban J connectivity index is 0.741. The number of carbonyl (C=O) groups is 8. The number of alkyl halides is 3. The molecule has 2 aromatic carbocycles. The Hall–Kier alpha value is -8.12. The van der Waals surface area contributed by atoms with E-state index in [0.717, 1.165) is 30.4 Å². The molecule has 2 aliphatic heterocycles. The third-order valence-electron chi connectivity index (χ3n) is 11.2. The third kappa shape index (κ3) is 13.4. The molecule has 378 valence electrons. The fourth-order valence-electron chi connectivity index (χ4n) is 7.60. The summed E-state index contributed by atoms with van der Waals surface area (Å²) in [6, 6.07) is 12.5. The molecular formula is C48H48F3N9O12. The zero-order valence-electron chi connectivity index (χ0n) is 38.5. The number of Topliss-reactive ketones (excluding diaryl/α,β-unsaturated/α-hetero) is 2. The van der Waals surface area contributed by atoms with Crippen molar-refractivity contribution in [2.24, 2.45) is 5.73 Å². The number of carbonyl (C=O) groups excluding carboxylic acids is 8. The summed E-state index contributed by atoms with van der Waals surface area (Å²) >= 11 is 0. The van der Waals surface area contributed by atoms with Crippen LogP contribution in [-0.2, 0) is 23.9 Å². The molecule has 72 heavy (non-hydrogen) atoms. The molecule has 2 aliphatic rings. The van der Waals surface area contributed by atoms with Gasteiger partial charge in [-0.25, -0.2) is 14.6 Å². The molecule has 1 saturated heterocycles. The average molecular weight is 1000 g/mol. The number of benzene rings is 2. The van der Waals surface area contributed by atoms with Gasteiger partial charge in [-0.15, -0.1) is 0 Å². The number of fused-ring (bicyclic) bond motifs is 1. The molecule has 24 heteroatoms. The lowest BCUT2D eigenvalue weighted by atomic mass is 10.0. The van der Waals surface area contributed by atoms with Gasteiger partial charge in [-0.1, -0.05) is 6.07 Å². The highest BCUT2D eigenvalue weighted by molar-refractivity contribution is 6.24. The molecule has 0 radical (unpaired) electrons. The minimum Gasteiger partial charge on any atom is -0.485 e. The topological polar surface area (TPSA) is 286 Å². The van der Waals surface area contributed by atoms with Crippen LogP contribution in [0.3, 0.4) is 0 Å². The number of unbranched alkanes of at least 4 members (excludes halogenated alkanes) is 2. The van der Waals surface area contributed by atoms with E-state index in [1.54, 1.807) is 24.3 Å². The maximum Gasteiger partial charge on any atom is 0.405 e. The van der Waals surface area contributed by atoms with Crippen LogP contribution in [0, 0.1) is 0 Å². The Morgan fingerprint density at radius 2 is 1.61 bits per heavy atom. The number of nitrogens with one attached hydrogen (secondary N) is 3. The van der Waals surface area contributed by atoms with Crippen molar-refractivity contribution in [3.8, 4) is 22.9 Å². The maximum atomic E-state index is 13.2. The maximum absolute atomic E-state index is 13.2. The second-order valence-electron chi connectivity index (χ2n) is 16.5. The number of hydrogen-bond acceptors (Lipinski definition) is 16. The first kappa shape index (κ1) is 51.7. The Labute approximate surface area is 407 Å². The molecule has 3 aromatic heterocycles. The second-order valence-corrected chi connectivity index (χ2v) is 16.5. The van der Waals surface area contributed by atoms with E-state index in [1.807, 2.05) is 0 Å². The zero-order valence-corrected chi connectivity index (χ0v) is 38.5. The van der Waals surface area contributed by atoms with Crippen molar-refractivity contribution in [3.63, 3.8) is 0 Å². The predicted molar refractivity (Wildman–Crippen MR) is 246 cm³/mol. The van der Waals surface area contributed by atoms with Gasteiger partial charge in [-0.05, 0) is 87.1 Å². The molecule has 5 heterocycles. The zero-order chi connectivity index (χ0) is 51.4. The summed E-state index contributed by atoms with van der Waals surface area (Å²) in [7, 11) is 0. The van der Waals surface area contributed by atoms with Crippen LogP contribution >= 0.6 is 0 Å². The van der Waals surface area contributed by atoms with E-state index in [4.69, 9.17) is 24.4 Å². The first-order valence-electron chi connectivity index (χ1n) is 22.8. The molecular weight excluding hydrogens is 952 g/mol. The van der Waals surface area contributed by atoms with Crippen LogP contribution in [-0.4, -0.2) is 123 Å². The van der Waals surface area contributed by atoms with Gasteiger partial charge < -0.3 is 35.0 Å². The number of rotatable bonds is 26. The minimum atomic E-state index is -4.46. The van der Waals surface area contributed by atoms with E-state index in [-0.39, 0.29) is 95.1 Å². The fourth-order valence-corrected chi connectivity index (χ4v) is 7.60. The monoisotopic (exact) mass is 999 g/mol. The molecule has 0 saturated carbocycles. The molecule has 1 atom stereocenters. The largest absolute Gasteiger partial charge is 0.485 e. The number of halogens is 3. The number of anilines is 2. The summed E-state index contributed by atoms with van der Waals surface area (Å²) in [4.78, 5) is 110. The van der Waals surface area contributed by atoms with Crippen LogP contribution in [0.4, 0.5) is 24.7 Å². The van der Waals surface area contributed by atoms with E-state index in [2.05, 4.69) is 31.0 Å². The van der Waals surface area contributed by atoms with Gasteiger partial charge in [0.05, 0.1) is 28.7 Å². The molecule has 1 unspecified atom stereocenters. The number of hydrogen-bond donors (Lipinski definition) is 4. The first-order chi connectivity index (χ1) is 34.6. The van der Waals surface area contributed by atoms with Crippen molar-refractivity contribution in [1.82, 2.24) is 30.0 Å². The van der Waals surface area contributed by atoms with Crippen LogP contribution < -0.4 is 26.4 Å². The van der Waals surface area contributed by atoms with Crippen molar-refractivity contribution in [1.29, 1.82) is 0 Å². The summed E-state index contributed by atoms with van der Waals surface area (Å²) in [5, 5.41) is 11.0. The van der Waals surface area contributed by atoms with E-state index in [0.29, 0.717) is 50.5 Å². The molecule has 5 aromatic rings. The molecule has 7 rings (SSSR count). The van der Waals surface area contributed by atoms with Gasteiger partial charge in [0.1, 0.15) is 37.0 Å². The van der Waals surface area contributed by atoms with Crippen molar-refractivity contribution in [2.75, 3.05) is 50.2 Å². The van der Waals surface area contributed by atoms with Crippen LogP contribution in [0.15, 0.2) is 77.7 Å². The first-order valence-corrected chi connectivity index (χ1v) is 22.8. The Morgan fingerprint density at radius 1 is 0.889 bits per heavy atom. The van der Waals surface area contributed by atoms with Gasteiger partial charge in [-0.3, -0.25) is 48.6 Å². The summed E-state index contributed by atoms with van der Waals surface area (Å²) in [6.07, 6.45) is 2.99. The van der Waals surface area contributed by atoms with E-state index < -0.39 is 54.2 Å². The van der Waals surface area contributed by atoms with Crippen molar-refractivity contribution in [3.05, 3.63) is 101 Å². The summed E-state index contributed by atoms with van der Waals surface area (Å²) in [5.41, 5.74) is 6.20. The van der Waals surface area contributed by atoms with Gasteiger partial charge in [0, 0.05) is 63.0 Å². The highest BCUT2D eigenvalue weighted by atomic mass is 19.4. The molecule has 6 amide bonds.